The van der Waals surface area contributed by atoms with Gasteiger partial charge in [0.05, 0.1) is 17.8 Å². The predicted molar refractivity (Wildman–Crippen MR) is 141 cm³/mol. The molecule has 2 aromatic carbocycles. The number of anilines is 1. The van der Waals surface area contributed by atoms with E-state index in [0.29, 0.717) is 23.8 Å². The lowest BCUT2D eigenvalue weighted by atomic mass is 10.1. The molecule has 2 aromatic rings. The number of halogens is 1. The minimum atomic E-state index is -0.417. The summed E-state index contributed by atoms with van der Waals surface area (Å²) >= 11 is 0. The molecule has 0 fully saturated rings. The molecule has 0 saturated heterocycles. The molecule has 0 radical (unpaired) electrons. The fraction of sp³-hybridized carbons (Fsp3) is 0.222. The summed E-state index contributed by atoms with van der Waals surface area (Å²) in [6.07, 6.45) is 9.10. The van der Waals surface area contributed by atoms with E-state index >= 15 is 0 Å². The molecule has 0 aliphatic carbocycles. The number of hydrogen-bond acceptors (Lipinski definition) is 6. The van der Waals surface area contributed by atoms with Crippen LogP contribution in [0.4, 0.5) is 10.1 Å². The van der Waals surface area contributed by atoms with Crippen LogP contribution >= 0.6 is 0 Å². The third kappa shape index (κ3) is 9.48. The van der Waals surface area contributed by atoms with Crippen molar-refractivity contribution < 1.29 is 14.0 Å². The number of unbranched alkanes of at least 4 members (excludes halogenated alkanes) is 2. The van der Waals surface area contributed by atoms with Crippen molar-refractivity contribution in [2.45, 2.75) is 26.2 Å². The molecule has 0 aliphatic rings. The Hall–Kier alpha value is -3.88. The first kappa shape index (κ1) is 27.4. The Labute approximate surface area is 205 Å². The van der Waals surface area contributed by atoms with Gasteiger partial charge >= 0.3 is 0 Å². The Morgan fingerprint density at radius 3 is 2.49 bits per heavy atom. The van der Waals surface area contributed by atoms with E-state index in [1.165, 1.54) is 30.3 Å². The fourth-order valence-electron chi connectivity index (χ4n) is 2.98. The molecule has 0 atom stereocenters. The van der Waals surface area contributed by atoms with Gasteiger partial charge < -0.3 is 15.9 Å². The van der Waals surface area contributed by atoms with Gasteiger partial charge in [-0.1, -0.05) is 36.4 Å². The maximum atomic E-state index is 13.2. The van der Waals surface area contributed by atoms with Crippen molar-refractivity contribution in [1.29, 1.82) is 0 Å². The predicted octanol–water partition coefficient (Wildman–Crippen LogP) is 4.61. The molecule has 2 rings (SSSR count). The van der Waals surface area contributed by atoms with Crippen LogP contribution in [0.15, 0.2) is 94.6 Å². The maximum absolute atomic E-state index is 13.2. The number of carbonyl (C=O) groups is 1. The van der Waals surface area contributed by atoms with Crippen LogP contribution in [0.1, 0.15) is 30.4 Å². The van der Waals surface area contributed by atoms with E-state index in [1.807, 2.05) is 31.2 Å². The van der Waals surface area contributed by atoms with Gasteiger partial charge in [-0.15, -0.1) is 0 Å². The summed E-state index contributed by atoms with van der Waals surface area (Å²) in [6, 6.07) is 13.1. The summed E-state index contributed by atoms with van der Waals surface area (Å²) in [7, 11) is 0. The first-order chi connectivity index (χ1) is 17.0. The van der Waals surface area contributed by atoms with Crippen molar-refractivity contribution in [2.24, 2.45) is 21.6 Å². The van der Waals surface area contributed by atoms with Gasteiger partial charge in [0.15, 0.2) is 0 Å². The van der Waals surface area contributed by atoms with Crippen LogP contribution in [0.3, 0.4) is 0 Å². The molecule has 0 heterocycles. The number of amides is 1. The molecule has 7 nitrogen and oxygen atoms in total. The molecule has 1 amide bonds. The number of carbonyl (C=O) groups excluding carboxylic acids is 1. The van der Waals surface area contributed by atoms with Gasteiger partial charge in [0, 0.05) is 17.5 Å². The topological polar surface area (TPSA) is 115 Å². The zero-order valence-corrected chi connectivity index (χ0v) is 19.9. The lowest BCUT2D eigenvalue weighted by molar-refractivity contribution is -0.112. The summed E-state index contributed by atoms with van der Waals surface area (Å²) in [5, 5.41) is 2.73. The van der Waals surface area contributed by atoms with Gasteiger partial charge in [0.1, 0.15) is 5.82 Å². The van der Waals surface area contributed by atoms with Crippen molar-refractivity contribution in [3.8, 4) is 0 Å². The molecule has 0 aromatic heterocycles. The normalized spacial score (nSPS) is 12.6. The number of aryl methyl sites for hydroxylation is 1. The van der Waals surface area contributed by atoms with Crippen LogP contribution in [0.25, 0.3) is 0 Å². The Bertz CT molecular complexity index is 1090. The first-order valence-electron chi connectivity index (χ1n) is 11.3. The molecule has 184 valence electrons. The lowest BCUT2D eigenvalue weighted by Crippen LogP contribution is -2.14. The lowest BCUT2D eigenvalue weighted by Gasteiger charge is -2.08. The average Bonchev–Trinajstić information content (AvgIpc) is 2.86. The van der Waals surface area contributed by atoms with E-state index in [0.717, 1.165) is 30.4 Å². The van der Waals surface area contributed by atoms with E-state index in [1.54, 1.807) is 18.4 Å². The van der Waals surface area contributed by atoms with E-state index in [-0.39, 0.29) is 17.9 Å². The second-order valence-electron chi connectivity index (χ2n) is 7.59. The highest BCUT2D eigenvalue weighted by molar-refractivity contribution is 6.06. The summed E-state index contributed by atoms with van der Waals surface area (Å²) in [4.78, 5) is 26.7. The van der Waals surface area contributed by atoms with Gasteiger partial charge in [-0.05, 0) is 75.2 Å². The van der Waals surface area contributed by atoms with Crippen LogP contribution < -0.4 is 16.9 Å². The monoisotopic (exact) mass is 477 g/mol. The molecule has 0 bridgehead atoms. The molecule has 8 heteroatoms. The molecule has 5 N–H and O–H groups in total. The molecule has 35 heavy (non-hydrogen) atoms. The number of benzene rings is 2. The smallest absolute Gasteiger partial charge is 0.257 e. The van der Waals surface area contributed by atoms with Crippen molar-refractivity contribution in [2.75, 3.05) is 18.4 Å². The quantitative estimate of drug-likeness (QED) is 0.103. The van der Waals surface area contributed by atoms with Gasteiger partial charge in [0.25, 0.3) is 5.91 Å². The third-order valence-electron chi connectivity index (χ3n) is 4.87. The highest BCUT2D eigenvalue weighted by Gasteiger charge is 2.11. The zero-order valence-electron chi connectivity index (χ0n) is 19.9. The number of nitrogens with two attached hydrogens (primary N) is 2. The number of hydrogen-bond donors (Lipinski definition) is 3. The highest BCUT2D eigenvalue weighted by Crippen LogP contribution is 2.15. The summed E-state index contributed by atoms with van der Waals surface area (Å²) in [5.41, 5.74) is 8.54. The number of nitrogens with one attached hydrogen (secondary N) is 1. The van der Waals surface area contributed by atoms with Crippen LogP contribution in [0.2, 0.25) is 0 Å². The minimum Gasteiger partial charge on any atom is -0.391 e. The Morgan fingerprint density at radius 2 is 1.86 bits per heavy atom. The van der Waals surface area contributed by atoms with E-state index in [9.17, 15) is 9.18 Å². The van der Waals surface area contributed by atoms with E-state index < -0.39 is 5.91 Å². The number of aliphatic imine (C=N–C) groups is 2. The standard InChI is InChI=1S/C27H32FN5O2/c1-3-24(26(34)33-23-15-13-22(28)14-16-23)25(31-18-6-4-5-17-29)8-7-19-32-27(35-30)21-11-9-20(2)10-12-21/h3,7-16,18H,1,4-6,17,19,29-30H2,2H3,(H,33,34)/b8-7+,25-24-,31-18?,32-27?. The van der Waals surface area contributed by atoms with Crippen LogP contribution in [-0.2, 0) is 9.63 Å². The second-order valence-corrected chi connectivity index (χ2v) is 7.59. The first-order valence-corrected chi connectivity index (χ1v) is 11.3. The molecular weight excluding hydrogens is 445 g/mol. The Morgan fingerprint density at radius 1 is 1.14 bits per heavy atom. The maximum Gasteiger partial charge on any atom is 0.257 e. The Kier molecular flexibility index (Phi) is 11.8. The number of nitrogens with zero attached hydrogens (tertiary/aromatic N) is 2. The van der Waals surface area contributed by atoms with Crippen molar-refractivity contribution in [3.63, 3.8) is 0 Å². The molecular formula is C27H32FN5O2. The van der Waals surface area contributed by atoms with Gasteiger partial charge in [-0.3, -0.25) is 9.79 Å². The van der Waals surface area contributed by atoms with Gasteiger partial charge in [0.2, 0.25) is 5.90 Å². The SMILES string of the molecule is C=C/C(C(=O)Nc1ccc(F)cc1)=C(\C=C\CN=C(ON)c1ccc(C)cc1)N=CCCCCN. The summed E-state index contributed by atoms with van der Waals surface area (Å²) < 4.78 is 13.2. The summed E-state index contributed by atoms with van der Waals surface area (Å²) in [6.45, 7) is 6.61. The van der Waals surface area contributed by atoms with Crippen LogP contribution in [-0.4, -0.2) is 31.1 Å². The molecule has 0 aliphatic heterocycles. The summed E-state index contributed by atoms with van der Waals surface area (Å²) in [5.74, 6) is 4.89. The number of allylic oxidation sites excluding steroid dienone is 1. The van der Waals surface area contributed by atoms with Crippen LogP contribution in [0, 0.1) is 12.7 Å². The average molecular weight is 478 g/mol. The van der Waals surface area contributed by atoms with Gasteiger partial charge in [-0.25, -0.2) is 9.38 Å². The zero-order chi connectivity index (χ0) is 25.5. The van der Waals surface area contributed by atoms with Crippen LogP contribution in [0.5, 0.6) is 0 Å². The van der Waals surface area contributed by atoms with Crippen molar-refractivity contribution in [3.05, 3.63) is 102 Å². The Balaban J connectivity index is 2.24. The molecule has 0 saturated carbocycles. The van der Waals surface area contributed by atoms with E-state index in [2.05, 4.69) is 21.9 Å². The minimum absolute atomic E-state index is 0.247. The highest BCUT2D eigenvalue weighted by atomic mass is 19.1. The van der Waals surface area contributed by atoms with E-state index in [4.69, 9.17) is 16.5 Å². The molecule has 0 unspecified atom stereocenters. The fourth-order valence-corrected chi connectivity index (χ4v) is 2.98. The van der Waals surface area contributed by atoms with Crippen molar-refractivity contribution >= 4 is 23.7 Å². The third-order valence-corrected chi connectivity index (χ3v) is 4.87. The number of rotatable bonds is 12. The van der Waals surface area contributed by atoms with Crippen molar-refractivity contribution in [1.82, 2.24) is 0 Å². The largest absolute Gasteiger partial charge is 0.391 e. The van der Waals surface area contributed by atoms with Gasteiger partial charge in [-0.2, -0.15) is 5.90 Å². The molecule has 0 spiro atoms. The second kappa shape index (κ2) is 15.1.